The molecule has 1 N–H and O–H groups in total. The Bertz CT molecular complexity index is 1060. The van der Waals surface area contributed by atoms with Gasteiger partial charge in [0, 0.05) is 43.3 Å². The molecule has 0 fully saturated rings. The van der Waals surface area contributed by atoms with Crippen LogP contribution in [0.15, 0.2) is 48.5 Å². The van der Waals surface area contributed by atoms with Gasteiger partial charge in [-0.25, -0.2) is 17.6 Å². The van der Waals surface area contributed by atoms with Gasteiger partial charge in [0.25, 0.3) is 0 Å². The molecule has 0 spiro atoms. The number of nitrogens with zero attached hydrogens (tertiary/aromatic N) is 3. The van der Waals surface area contributed by atoms with Gasteiger partial charge in [0.15, 0.2) is 11.2 Å². The third-order valence-corrected chi connectivity index (χ3v) is 5.98. The lowest BCUT2D eigenvalue weighted by molar-refractivity contribution is 0.561. The van der Waals surface area contributed by atoms with Crippen LogP contribution in [0.4, 0.5) is 4.39 Å². The summed E-state index contributed by atoms with van der Waals surface area (Å²) in [7, 11) is 3.57. The van der Waals surface area contributed by atoms with Crippen LogP contribution in [-0.4, -0.2) is 33.2 Å². The molecule has 0 radical (unpaired) electrons. The molecule has 0 aliphatic carbocycles. The highest BCUT2D eigenvalue weighted by Crippen LogP contribution is 2.22. The standard InChI is InChI=1S/C17H13FN2.C6H16N2OS/c1-12-7-15-8-13(10-19)5-6-17(15)20(12)11-14-3-2-4-16(18)9-14;1-5-6(2)7-10(9)8(3)4/h2-9H,11H2,1H3;6-7H,5H2,1-4H3. The van der Waals surface area contributed by atoms with Crippen molar-refractivity contribution in [3.05, 3.63) is 71.2 Å². The average molecular weight is 429 g/mol. The van der Waals surface area contributed by atoms with E-state index in [0.29, 0.717) is 18.2 Å². The molecular weight excluding hydrogens is 399 g/mol. The highest BCUT2D eigenvalue weighted by atomic mass is 32.2. The summed E-state index contributed by atoms with van der Waals surface area (Å²) in [6, 6.07) is 16.8. The molecule has 0 saturated heterocycles. The number of nitrogens with one attached hydrogen (secondary N) is 1. The van der Waals surface area contributed by atoms with Crippen molar-refractivity contribution in [1.29, 1.82) is 5.26 Å². The Balaban J connectivity index is 0.000000274. The summed E-state index contributed by atoms with van der Waals surface area (Å²) in [6.07, 6.45) is 1.000. The number of hydrogen-bond donors (Lipinski definition) is 1. The van der Waals surface area contributed by atoms with E-state index in [4.69, 9.17) is 5.26 Å². The molecule has 7 heteroatoms. The van der Waals surface area contributed by atoms with Crippen molar-refractivity contribution in [3.8, 4) is 6.07 Å². The fourth-order valence-corrected chi connectivity index (χ4v) is 3.59. The fourth-order valence-electron chi connectivity index (χ4n) is 2.87. The zero-order chi connectivity index (χ0) is 22.3. The van der Waals surface area contributed by atoms with Crippen LogP contribution in [0.3, 0.4) is 0 Å². The Morgan fingerprint density at radius 1 is 1.23 bits per heavy atom. The van der Waals surface area contributed by atoms with E-state index in [1.807, 2.05) is 38.1 Å². The number of aromatic nitrogens is 1. The predicted octanol–water partition coefficient (Wildman–Crippen LogP) is 4.52. The van der Waals surface area contributed by atoms with Crippen LogP contribution >= 0.6 is 0 Å². The highest BCUT2D eigenvalue weighted by molar-refractivity contribution is 7.80. The molecule has 30 heavy (non-hydrogen) atoms. The molecular formula is C23H29FN4OS. The summed E-state index contributed by atoms with van der Waals surface area (Å²) < 4.78 is 31.0. The van der Waals surface area contributed by atoms with Crippen LogP contribution in [0.2, 0.25) is 0 Å². The second-order valence-electron chi connectivity index (χ2n) is 7.38. The Morgan fingerprint density at radius 2 is 1.97 bits per heavy atom. The van der Waals surface area contributed by atoms with Gasteiger partial charge in [-0.3, -0.25) is 0 Å². The molecule has 0 saturated carbocycles. The topological polar surface area (TPSA) is 61.1 Å². The Hall–Kier alpha value is -2.53. The number of aryl methyl sites for hydroxylation is 1. The first-order chi connectivity index (χ1) is 14.2. The van der Waals surface area contributed by atoms with Gasteiger partial charge in [0.05, 0.1) is 11.6 Å². The number of nitriles is 1. The van der Waals surface area contributed by atoms with Gasteiger partial charge in [-0.15, -0.1) is 0 Å². The largest absolute Gasteiger partial charge is 0.340 e. The van der Waals surface area contributed by atoms with Gasteiger partial charge in [-0.05, 0) is 62.2 Å². The minimum absolute atomic E-state index is 0.219. The lowest BCUT2D eigenvalue weighted by Gasteiger charge is -2.14. The van der Waals surface area contributed by atoms with Gasteiger partial charge in [0.2, 0.25) is 0 Å². The molecule has 0 aliphatic heterocycles. The lowest BCUT2D eigenvalue weighted by atomic mass is 10.1. The van der Waals surface area contributed by atoms with Crippen molar-refractivity contribution in [1.82, 2.24) is 13.6 Å². The molecule has 3 aromatic rings. The van der Waals surface area contributed by atoms with Crippen LogP contribution in [0.25, 0.3) is 10.9 Å². The van der Waals surface area contributed by atoms with Crippen molar-refractivity contribution >= 4 is 22.1 Å². The summed E-state index contributed by atoms with van der Waals surface area (Å²) >= 11 is -1.02. The molecule has 2 aromatic carbocycles. The van der Waals surface area contributed by atoms with E-state index in [9.17, 15) is 8.60 Å². The third-order valence-electron chi connectivity index (χ3n) is 4.71. The van der Waals surface area contributed by atoms with Gasteiger partial charge in [0.1, 0.15) is 5.82 Å². The smallest absolute Gasteiger partial charge is 0.169 e. The predicted molar refractivity (Wildman–Crippen MR) is 122 cm³/mol. The first-order valence-corrected chi connectivity index (χ1v) is 11.0. The normalized spacial score (nSPS) is 12.9. The zero-order valence-corrected chi connectivity index (χ0v) is 19.0. The number of benzene rings is 2. The van der Waals surface area contributed by atoms with E-state index >= 15 is 0 Å². The van der Waals surface area contributed by atoms with E-state index in [1.54, 1.807) is 30.5 Å². The fraction of sp³-hybridized carbons (Fsp3) is 0.348. The van der Waals surface area contributed by atoms with Crippen molar-refractivity contribution < 1.29 is 8.60 Å². The van der Waals surface area contributed by atoms with Crippen LogP contribution in [0.1, 0.15) is 37.1 Å². The van der Waals surface area contributed by atoms with Crippen LogP contribution < -0.4 is 4.72 Å². The maximum atomic E-state index is 13.3. The first kappa shape index (κ1) is 23.7. The molecule has 2 atom stereocenters. The monoisotopic (exact) mass is 428 g/mol. The van der Waals surface area contributed by atoms with Crippen LogP contribution in [-0.2, 0) is 17.7 Å². The molecule has 0 amide bonds. The van der Waals surface area contributed by atoms with Gasteiger partial charge in [-0.2, -0.15) is 5.26 Å². The van der Waals surface area contributed by atoms with Crippen LogP contribution in [0.5, 0.6) is 0 Å². The minimum atomic E-state index is -1.02. The van der Waals surface area contributed by atoms with Crippen molar-refractivity contribution in [2.75, 3.05) is 14.1 Å². The molecule has 5 nitrogen and oxygen atoms in total. The molecule has 3 rings (SSSR count). The Kier molecular flexibility index (Phi) is 8.72. The quantitative estimate of drug-likeness (QED) is 0.627. The average Bonchev–Trinajstić information content (AvgIpc) is 3.02. The minimum Gasteiger partial charge on any atom is -0.340 e. The molecule has 1 heterocycles. The SMILES string of the molecule is CCC(C)NS(=O)N(C)C.Cc1cc2cc(C#N)ccc2n1Cc1cccc(F)c1. The molecule has 0 aliphatic rings. The lowest BCUT2D eigenvalue weighted by Crippen LogP contribution is -2.35. The zero-order valence-electron chi connectivity index (χ0n) is 18.1. The van der Waals surface area contributed by atoms with Crippen molar-refractivity contribution in [2.45, 2.75) is 39.8 Å². The maximum Gasteiger partial charge on any atom is 0.169 e. The van der Waals surface area contributed by atoms with E-state index in [2.05, 4.69) is 28.3 Å². The van der Waals surface area contributed by atoms with Gasteiger partial charge >= 0.3 is 0 Å². The van der Waals surface area contributed by atoms with Crippen molar-refractivity contribution in [2.24, 2.45) is 0 Å². The summed E-state index contributed by atoms with van der Waals surface area (Å²) in [5.41, 5.74) is 3.74. The molecule has 1 aromatic heterocycles. The van der Waals surface area contributed by atoms with E-state index in [-0.39, 0.29) is 5.82 Å². The third kappa shape index (κ3) is 6.49. The number of rotatable bonds is 6. The highest BCUT2D eigenvalue weighted by Gasteiger charge is 2.07. The number of hydrogen-bond acceptors (Lipinski definition) is 2. The second-order valence-corrected chi connectivity index (χ2v) is 8.84. The summed E-state index contributed by atoms with van der Waals surface area (Å²) in [4.78, 5) is 0. The summed E-state index contributed by atoms with van der Waals surface area (Å²) in [6.45, 7) is 6.72. The first-order valence-electron chi connectivity index (χ1n) is 9.85. The Labute approximate surface area is 180 Å². The summed E-state index contributed by atoms with van der Waals surface area (Å²) in [5.74, 6) is -0.219. The molecule has 2 unspecified atom stereocenters. The number of halogens is 1. The van der Waals surface area contributed by atoms with Crippen LogP contribution in [0, 0.1) is 24.1 Å². The molecule has 160 valence electrons. The summed E-state index contributed by atoms with van der Waals surface area (Å²) in [5, 5.41) is 9.98. The van der Waals surface area contributed by atoms with E-state index in [0.717, 1.165) is 28.6 Å². The van der Waals surface area contributed by atoms with Crippen molar-refractivity contribution in [3.63, 3.8) is 0 Å². The molecule has 0 bridgehead atoms. The van der Waals surface area contributed by atoms with E-state index < -0.39 is 11.2 Å². The Morgan fingerprint density at radius 3 is 2.57 bits per heavy atom. The van der Waals surface area contributed by atoms with Gasteiger partial charge < -0.3 is 4.57 Å². The maximum absolute atomic E-state index is 13.3. The second kappa shape index (κ2) is 11.0. The number of fused-ring (bicyclic) bond motifs is 1. The van der Waals surface area contributed by atoms with E-state index in [1.165, 1.54) is 6.07 Å². The van der Waals surface area contributed by atoms with Gasteiger partial charge in [-0.1, -0.05) is 19.1 Å².